The standard InChI is InChI=1S/C21H29N3O3S/c1-16(2)14-24(15-21(3,4)5)19-10-6-17(7-11-19)22-23-18-8-12-20(13-9-18)28(25,26)27/h6-13,16H,14-15H2,1-5H3,(H,25,26,27)/b23-22+. The maximum atomic E-state index is 11.1. The van der Waals surface area contributed by atoms with Crippen LogP contribution >= 0.6 is 0 Å². The van der Waals surface area contributed by atoms with Crippen LogP contribution in [0.5, 0.6) is 0 Å². The van der Waals surface area contributed by atoms with Crippen molar-refractivity contribution in [3.63, 3.8) is 0 Å². The molecule has 7 heteroatoms. The molecule has 0 aliphatic carbocycles. The lowest BCUT2D eigenvalue weighted by molar-refractivity contribution is 0.400. The van der Waals surface area contributed by atoms with Crippen LogP contribution in [0.4, 0.5) is 17.1 Å². The molecule has 2 rings (SSSR count). The summed E-state index contributed by atoms with van der Waals surface area (Å²) in [5.74, 6) is 0.562. The molecular weight excluding hydrogens is 374 g/mol. The monoisotopic (exact) mass is 403 g/mol. The minimum atomic E-state index is -4.20. The number of nitrogens with zero attached hydrogens (tertiary/aromatic N) is 3. The van der Waals surface area contributed by atoms with E-state index >= 15 is 0 Å². The molecule has 0 amide bonds. The number of benzene rings is 2. The van der Waals surface area contributed by atoms with E-state index in [4.69, 9.17) is 4.55 Å². The third kappa shape index (κ3) is 7.05. The Hall–Kier alpha value is -2.25. The summed E-state index contributed by atoms with van der Waals surface area (Å²) in [6.07, 6.45) is 0. The molecule has 0 atom stereocenters. The maximum Gasteiger partial charge on any atom is 0.294 e. The third-order valence-electron chi connectivity index (χ3n) is 3.88. The minimum absolute atomic E-state index is 0.167. The van der Waals surface area contributed by atoms with Crippen LogP contribution in [0.1, 0.15) is 34.6 Å². The highest BCUT2D eigenvalue weighted by atomic mass is 32.2. The number of azo groups is 1. The first-order valence-corrected chi connectivity index (χ1v) is 10.7. The smallest absolute Gasteiger partial charge is 0.294 e. The van der Waals surface area contributed by atoms with E-state index in [0.717, 1.165) is 18.8 Å². The molecule has 0 unspecified atom stereocenters. The van der Waals surface area contributed by atoms with E-state index in [1.54, 1.807) is 0 Å². The van der Waals surface area contributed by atoms with Crippen molar-refractivity contribution in [3.05, 3.63) is 48.5 Å². The Morgan fingerprint density at radius 3 is 1.79 bits per heavy atom. The second-order valence-electron chi connectivity index (χ2n) is 8.52. The lowest BCUT2D eigenvalue weighted by Crippen LogP contribution is -2.35. The Morgan fingerprint density at radius 2 is 1.39 bits per heavy atom. The van der Waals surface area contributed by atoms with Gasteiger partial charge in [0, 0.05) is 18.8 Å². The molecule has 0 fully saturated rings. The van der Waals surface area contributed by atoms with E-state index in [0.29, 0.717) is 17.3 Å². The van der Waals surface area contributed by atoms with Gasteiger partial charge in [-0.25, -0.2) is 0 Å². The molecule has 0 saturated carbocycles. The molecule has 0 bridgehead atoms. The van der Waals surface area contributed by atoms with Crippen LogP contribution in [0.25, 0.3) is 0 Å². The summed E-state index contributed by atoms with van der Waals surface area (Å²) in [6.45, 7) is 13.1. The molecule has 0 heterocycles. The molecule has 0 aliphatic rings. The van der Waals surface area contributed by atoms with Crippen molar-refractivity contribution >= 4 is 27.2 Å². The zero-order valence-electron chi connectivity index (χ0n) is 17.1. The second kappa shape index (κ2) is 8.84. The quantitative estimate of drug-likeness (QED) is 0.464. The van der Waals surface area contributed by atoms with Crippen molar-refractivity contribution < 1.29 is 13.0 Å². The van der Waals surface area contributed by atoms with Gasteiger partial charge in [-0.1, -0.05) is 34.6 Å². The van der Waals surface area contributed by atoms with E-state index in [9.17, 15) is 8.42 Å². The summed E-state index contributed by atoms with van der Waals surface area (Å²) < 4.78 is 31.1. The second-order valence-corrected chi connectivity index (χ2v) is 9.94. The summed E-state index contributed by atoms with van der Waals surface area (Å²) >= 11 is 0. The molecule has 0 saturated heterocycles. The summed E-state index contributed by atoms with van der Waals surface area (Å²) in [5, 5.41) is 8.32. The zero-order valence-corrected chi connectivity index (χ0v) is 17.9. The fourth-order valence-corrected chi connectivity index (χ4v) is 3.28. The van der Waals surface area contributed by atoms with Crippen molar-refractivity contribution in [1.82, 2.24) is 0 Å². The summed E-state index contributed by atoms with van der Waals surface area (Å²) in [6, 6.07) is 13.5. The van der Waals surface area contributed by atoms with Gasteiger partial charge in [0.1, 0.15) is 0 Å². The Labute approximate surface area is 168 Å². The van der Waals surface area contributed by atoms with Crippen LogP contribution in [0.2, 0.25) is 0 Å². The fourth-order valence-electron chi connectivity index (χ4n) is 2.80. The van der Waals surface area contributed by atoms with E-state index in [1.165, 1.54) is 24.3 Å². The summed E-state index contributed by atoms with van der Waals surface area (Å²) in [7, 11) is -4.20. The van der Waals surface area contributed by atoms with Crippen molar-refractivity contribution in [3.8, 4) is 0 Å². The molecule has 2 aromatic carbocycles. The van der Waals surface area contributed by atoms with Gasteiger partial charge >= 0.3 is 0 Å². The Kier molecular flexibility index (Phi) is 6.96. The van der Waals surface area contributed by atoms with E-state index < -0.39 is 10.1 Å². The lowest BCUT2D eigenvalue weighted by atomic mass is 9.95. The van der Waals surface area contributed by atoms with Gasteiger partial charge < -0.3 is 4.90 Å². The first-order chi connectivity index (χ1) is 12.9. The lowest BCUT2D eigenvalue weighted by Gasteiger charge is -2.33. The molecule has 0 radical (unpaired) electrons. The van der Waals surface area contributed by atoms with Crippen molar-refractivity contribution in [1.29, 1.82) is 0 Å². The van der Waals surface area contributed by atoms with Crippen LogP contribution in [0.3, 0.4) is 0 Å². The van der Waals surface area contributed by atoms with Gasteiger partial charge in [0.25, 0.3) is 10.1 Å². The first kappa shape index (κ1) is 22.0. The average molecular weight is 404 g/mol. The fraction of sp³-hybridized carbons (Fsp3) is 0.429. The number of anilines is 1. The van der Waals surface area contributed by atoms with Crippen LogP contribution < -0.4 is 4.90 Å². The van der Waals surface area contributed by atoms with Crippen LogP contribution in [-0.2, 0) is 10.1 Å². The molecule has 6 nitrogen and oxygen atoms in total. The van der Waals surface area contributed by atoms with Crippen LogP contribution in [0.15, 0.2) is 63.7 Å². The predicted octanol–water partition coefficient (Wildman–Crippen LogP) is 5.86. The molecule has 0 aromatic heterocycles. The molecule has 2 aromatic rings. The van der Waals surface area contributed by atoms with Crippen molar-refractivity contribution in [2.24, 2.45) is 21.6 Å². The molecule has 1 N–H and O–H groups in total. The van der Waals surface area contributed by atoms with Crippen LogP contribution in [-0.4, -0.2) is 26.1 Å². The van der Waals surface area contributed by atoms with Gasteiger partial charge in [-0.2, -0.15) is 18.6 Å². The third-order valence-corrected chi connectivity index (χ3v) is 4.75. The van der Waals surface area contributed by atoms with Gasteiger partial charge in [0.05, 0.1) is 16.3 Å². The number of hydrogen-bond acceptors (Lipinski definition) is 5. The van der Waals surface area contributed by atoms with Crippen molar-refractivity contribution in [2.45, 2.75) is 39.5 Å². The Balaban J connectivity index is 2.13. The van der Waals surface area contributed by atoms with E-state index in [-0.39, 0.29) is 10.3 Å². The Bertz CT molecular complexity index is 897. The maximum absolute atomic E-state index is 11.1. The summed E-state index contributed by atoms with van der Waals surface area (Å²) in [5.41, 5.74) is 2.56. The number of rotatable bonds is 7. The van der Waals surface area contributed by atoms with Gasteiger partial charge in [-0.3, -0.25) is 4.55 Å². The van der Waals surface area contributed by atoms with Crippen LogP contribution in [0, 0.1) is 11.3 Å². The topological polar surface area (TPSA) is 82.3 Å². The van der Waals surface area contributed by atoms with Gasteiger partial charge in [-0.15, -0.1) is 0 Å². The minimum Gasteiger partial charge on any atom is -0.371 e. The highest BCUT2D eigenvalue weighted by Gasteiger charge is 2.17. The van der Waals surface area contributed by atoms with Crippen molar-refractivity contribution in [2.75, 3.05) is 18.0 Å². The highest BCUT2D eigenvalue weighted by molar-refractivity contribution is 7.85. The number of hydrogen-bond donors (Lipinski definition) is 1. The van der Waals surface area contributed by atoms with E-state index in [1.807, 2.05) is 24.3 Å². The molecule has 28 heavy (non-hydrogen) atoms. The average Bonchev–Trinajstić information content (AvgIpc) is 2.58. The molecular formula is C21H29N3O3S. The normalized spacial score (nSPS) is 12.7. The van der Waals surface area contributed by atoms with Gasteiger partial charge in [0.15, 0.2) is 0 Å². The highest BCUT2D eigenvalue weighted by Crippen LogP contribution is 2.26. The summed E-state index contributed by atoms with van der Waals surface area (Å²) in [4.78, 5) is 2.22. The first-order valence-electron chi connectivity index (χ1n) is 9.28. The SMILES string of the molecule is CC(C)CN(CC(C)(C)C)c1ccc(/N=N/c2ccc(S(=O)(=O)O)cc2)cc1. The Morgan fingerprint density at radius 1 is 0.929 bits per heavy atom. The van der Waals surface area contributed by atoms with Gasteiger partial charge in [0.2, 0.25) is 0 Å². The predicted molar refractivity (Wildman–Crippen MR) is 113 cm³/mol. The molecule has 0 aliphatic heterocycles. The largest absolute Gasteiger partial charge is 0.371 e. The zero-order chi connectivity index (χ0) is 20.9. The molecule has 0 spiro atoms. The van der Waals surface area contributed by atoms with Gasteiger partial charge in [-0.05, 0) is 59.9 Å². The van der Waals surface area contributed by atoms with E-state index in [2.05, 4.69) is 49.7 Å². The molecule has 152 valence electrons.